The van der Waals surface area contributed by atoms with Gasteiger partial charge in [-0.3, -0.25) is 4.79 Å². The lowest BCUT2D eigenvalue weighted by Crippen LogP contribution is -3.16. The Morgan fingerprint density at radius 1 is 0.862 bits per heavy atom. The van der Waals surface area contributed by atoms with E-state index in [1.54, 1.807) is 7.11 Å². The van der Waals surface area contributed by atoms with Gasteiger partial charge in [0.15, 0.2) is 6.54 Å². The van der Waals surface area contributed by atoms with E-state index in [1.165, 1.54) is 10.6 Å². The lowest BCUT2D eigenvalue weighted by Gasteiger charge is -2.38. The van der Waals surface area contributed by atoms with Crippen LogP contribution in [0.1, 0.15) is 0 Å². The average molecular weight is 396 g/mol. The number of methoxy groups -OCH3 is 1. The van der Waals surface area contributed by atoms with Gasteiger partial charge in [-0.1, -0.05) is 30.3 Å². The summed E-state index contributed by atoms with van der Waals surface area (Å²) in [7, 11) is 1.71. The van der Waals surface area contributed by atoms with Gasteiger partial charge in [-0.05, 0) is 24.3 Å². The molecule has 2 aliphatic heterocycles. The van der Waals surface area contributed by atoms with Crippen LogP contribution in [0.25, 0.3) is 0 Å². The van der Waals surface area contributed by atoms with E-state index in [1.807, 2.05) is 23.1 Å². The first-order chi connectivity index (χ1) is 14.2. The molecule has 0 saturated carbocycles. The Hall–Kier alpha value is -2.73. The Morgan fingerprint density at radius 2 is 1.52 bits per heavy atom. The minimum atomic E-state index is 0.285. The molecule has 1 amide bonds. The molecular formula is C23H31N4O2+. The van der Waals surface area contributed by atoms with Gasteiger partial charge in [-0.2, -0.15) is 0 Å². The maximum atomic E-state index is 12.8. The van der Waals surface area contributed by atoms with Crippen molar-refractivity contribution in [2.75, 3.05) is 75.8 Å². The lowest BCUT2D eigenvalue weighted by molar-refractivity contribution is -0.892. The molecular weight excluding hydrogens is 364 g/mol. The maximum Gasteiger partial charge on any atom is 0.277 e. The lowest BCUT2D eigenvalue weighted by atomic mass is 10.2. The van der Waals surface area contributed by atoms with E-state index in [0.717, 1.165) is 63.8 Å². The van der Waals surface area contributed by atoms with Crippen LogP contribution in [0.5, 0.6) is 5.75 Å². The van der Waals surface area contributed by atoms with Gasteiger partial charge >= 0.3 is 0 Å². The largest absolute Gasteiger partial charge is 0.495 e. The van der Waals surface area contributed by atoms with Gasteiger partial charge in [0, 0.05) is 31.9 Å². The molecule has 0 unspecified atom stereocenters. The van der Waals surface area contributed by atoms with Gasteiger partial charge in [0.2, 0.25) is 0 Å². The van der Waals surface area contributed by atoms with Crippen LogP contribution in [0.15, 0.2) is 54.6 Å². The molecule has 2 aromatic rings. The highest BCUT2D eigenvalue weighted by molar-refractivity contribution is 5.77. The van der Waals surface area contributed by atoms with Crippen LogP contribution in [-0.2, 0) is 4.79 Å². The third-order valence-corrected chi connectivity index (χ3v) is 6.05. The number of benzene rings is 2. The van der Waals surface area contributed by atoms with Crippen molar-refractivity contribution in [3.63, 3.8) is 0 Å². The van der Waals surface area contributed by atoms with E-state index in [-0.39, 0.29) is 5.91 Å². The Bertz CT molecular complexity index is 798. The summed E-state index contributed by atoms with van der Waals surface area (Å²) in [6.07, 6.45) is 0. The minimum Gasteiger partial charge on any atom is -0.495 e. The van der Waals surface area contributed by atoms with Crippen molar-refractivity contribution in [2.24, 2.45) is 0 Å². The fourth-order valence-corrected chi connectivity index (χ4v) is 4.31. The van der Waals surface area contributed by atoms with Crippen LogP contribution in [0.4, 0.5) is 11.4 Å². The molecule has 6 heteroatoms. The molecule has 2 saturated heterocycles. The quantitative estimate of drug-likeness (QED) is 0.811. The van der Waals surface area contributed by atoms with Crippen LogP contribution in [0.3, 0.4) is 0 Å². The second kappa shape index (κ2) is 9.18. The number of rotatable bonds is 5. The second-order valence-corrected chi connectivity index (χ2v) is 7.79. The highest BCUT2D eigenvalue weighted by atomic mass is 16.5. The van der Waals surface area contributed by atoms with Crippen LogP contribution in [0, 0.1) is 0 Å². The highest BCUT2D eigenvalue weighted by Crippen LogP contribution is 2.28. The van der Waals surface area contributed by atoms with E-state index < -0.39 is 0 Å². The summed E-state index contributed by atoms with van der Waals surface area (Å²) in [4.78, 5) is 21.0. The number of ether oxygens (including phenoxy) is 1. The molecule has 0 aromatic heterocycles. The summed E-state index contributed by atoms with van der Waals surface area (Å²) < 4.78 is 5.48. The molecule has 6 nitrogen and oxygen atoms in total. The third kappa shape index (κ3) is 4.65. The third-order valence-electron chi connectivity index (χ3n) is 6.05. The Morgan fingerprint density at radius 3 is 2.21 bits per heavy atom. The molecule has 0 aliphatic carbocycles. The van der Waals surface area contributed by atoms with Gasteiger partial charge in [0.25, 0.3) is 5.91 Å². The number of nitrogens with one attached hydrogen (secondary N) is 1. The van der Waals surface area contributed by atoms with E-state index in [0.29, 0.717) is 6.54 Å². The Labute approximate surface area is 173 Å². The van der Waals surface area contributed by atoms with Crippen molar-refractivity contribution in [2.45, 2.75) is 0 Å². The molecule has 2 aliphatic rings. The van der Waals surface area contributed by atoms with Gasteiger partial charge in [0.05, 0.1) is 39.0 Å². The summed E-state index contributed by atoms with van der Waals surface area (Å²) >= 11 is 0. The van der Waals surface area contributed by atoms with Gasteiger partial charge < -0.3 is 24.3 Å². The predicted octanol–water partition coefficient (Wildman–Crippen LogP) is 0.749. The molecule has 2 fully saturated rings. The SMILES string of the molecule is COc1ccccc1N1CCN(C(=O)C[NH+]2CCN(c3ccccc3)CC2)CC1. The Balaban J connectivity index is 1.24. The number of nitrogens with zero attached hydrogens (tertiary/aromatic N) is 3. The van der Waals surface area contributed by atoms with Crippen LogP contribution in [-0.4, -0.2) is 76.8 Å². The summed E-state index contributed by atoms with van der Waals surface area (Å²) in [5.41, 5.74) is 2.40. The number of para-hydroxylation sites is 3. The normalized spacial score (nSPS) is 18.0. The first-order valence-corrected chi connectivity index (χ1v) is 10.5. The molecule has 0 atom stereocenters. The predicted molar refractivity (Wildman–Crippen MR) is 116 cm³/mol. The van der Waals surface area contributed by atoms with Crippen molar-refractivity contribution in [1.82, 2.24) is 4.90 Å². The van der Waals surface area contributed by atoms with Crippen molar-refractivity contribution >= 4 is 17.3 Å². The minimum absolute atomic E-state index is 0.285. The van der Waals surface area contributed by atoms with Crippen molar-refractivity contribution in [1.29, 1.82) is 0 Å². The number of quaternary nitrogens is 1. The molecule has 0 bridgehead atoms. The van der Waals surface area contributed by atoms with Gasteiger partial charge in [-0.25, -0.2) is 0 Å². The highest BCUT2D eigenvalue weighted by Gasteiger charge is 2.27. The number of piperazine rings is 2. The van der Waals surface area contributed by atoms with Gasteiger partial charge in [-0.15, -0.1) is 0 Å². The molecule has 1 N–H and O–H groups in total. The van der Waals surface area contributed by atoms with Crippen molar-refractivity contribution in [3.05, 3.63) is 54.6 Å². The molecule has 0 radical (unpaired) electrons. The number of carbonyl (C=O) groups excluding carboxylic acids is 1. The summed E-state index contributed by atoms with van der Waals surface area (Å²) in [5.74, 6) is 1.18. The number of anilines is 2. The van der Waals surface area contributed by atoms with Crippen LogP contribution in [0.2, 0.25) is 0 Å². The summed E-state index contributed by atoms with van der Waals surface area (Å²) in [6, 6.07) is 18.7. The number of carbonyl (C=O) groups is 1. The maximum absolute atomic E-state index is 12.8. The molecule has 2 aromatic carbocycles. The average Bonchev–Trinajstić information content (AvgIpc) is 2.80. The molecule has 2 heterocycles. The van der Waals surface area contributed by atoms with E-state index in [2.05, 4.69) is 46.2 Å². The smallest absolute Gasteiger partial charge is 0.277 e. The number of amides is 1. The fourth-order valence-electron chi connectivity index (χ4n) is 4.31. The zero-order valence-corrected chi connectivity index (χ0v) is 17.2. The van der Waals surface area contributed by atoms with Crippen LogP contribution >= 0.6 is 0 Å². The van der Waals surface area contributed by atoms with Crippen molar-refractivity contribution in [3.8, 4) is 5.75 Å². The summed E-state index contributed by atoms with van der Waals surface area (Å²) in [5, 5.41) is 0. The zero-order valence-electron chi connectivity index (χ0n) is 17.2. The summed E-state index contributed by atoms with van der Waals surface area (Å²) in [6.45, 7) is 7.91. The fraction of sp³-hybridized carbons (Fsp3) is 0.435. The van der Waals surface area contributed by atoms with Crippen molar-refractivity contribution < 1.29 is 14.4 Å². The van der Waals surface area contributed by atoms with Gasteiger partial charge in [0.1, 0.15) is 5.75 Å². The van der Waals surface area contributed by atoms with E-state index in [4.69, 9.17) is 4.74 Å². The molecule has 154 valence electrons. The zero-order chi connectivity index (χ0) is 20.1. The van der Waals surface area contributed by atoms with E-state index >= 15 is 0 Å². The Kier molecular flexibility index (Phi) is 6.20. The first-order valence-electron chi connectivity index (χ1n) is 10.5. The topological polar surface area (TPSA) is 40.5 Å². The van der Waals surface area contributed by atoms with Crippen LogP contribution < -0.4 is 19.4 Å². The molecule has 4 rings (SSSR count). The second-order valence-electron chi connectivity index (χ2n) is 7.79. The first kappa shape index (κ1) is 19.6. The number of hydrogen-bond acceptors (Lipinski definition) is 4. The van der Waals surface area contributed by atoms with E-state index in [9.17, 15) is 4.79 Å². The monoisotopic (exact) mass is 395 g/mol. The molecule has 0 spiro atoms. The molecule has 29 heavy (non-hydrogen) atoms. The number of hydrogen-bond donors (Lipinski definition) is 1. The standard InChI is InChI=1S/C23H30N4O2/c1-29-22-10-6-5-9-21(22)26-15-17-27(18-16-26)23(28)19-24-11-13-25(14-12-24)20-7-3-2-4-8-20/h2-10H,11-19H2,1H3/p+1.